The highest BCUT2D eigenvalue weighted by Crippen LogP contribution is 2.25. The summed E-state index contributed by atoms with van der Waals surface area (Å²) in [6.45, 7) is 0. The average Bonchev–Trinajstić information content (AvgIpc) is 2.97. The molecule has 0 aromatic heterocycles. The molecule has 0 radical (unpaired) electrons. The number of halogens is 1. The summed E-state index contributed by atoms with van der Waals surface area (Å²) >= 11 is 5.88. The second-order valence-corrected chi connectivity index (χ2v) is 5.85. The lowest BCUT2D eigenvalue weighted by atomic mass is 10.0. The number of benzene rings is 3. The lowest BCUT2D eigenvalue weighted by Crippen LogP contribution is -2.05. The Kier molecular flexibility index (Phi) is 3.63. The van der Waals surface area contributed by atoms with Gasteiger partial charge in [0.15, 0.2) is 5.70 Å². The predicted octanol–water partition coefficient (Wildman–Crippen LogP) is 4.84. The van der Waals surface area contributed by atoms with Gasteiger partial charge in [-0.1, -0.05) is 60.1 Å². The molecular weight excluding hydrogens is 322 g/mol. The Morgan fingerprint density at radius 3 is 2.50 bits per heavy atom. The second-order valence-electron chi connectivity index (χ2n) is 5.41. The summed E-state index contributed by atoms with van der Waals surface area (Å²) in [4.78, 5) is 16.5. The summed E-state index contributed by atoms with van der Waals surface area (Å²) in [5.41, 5.74) is 1.93. The third-order valence-electron chi connectivity index (χ3n) is 3.81. The van der Waals surface area contributed by atoms with Crippen LogP contribution in [0.15, 0.2) is 77.4 Å². The van der Waals surface area contributed by atoms with E-state index in [0.717, 1.165) is 21.9 Å². The molecule has 24 heavy (non-hydrogen) atoms. The smallest absolute Gasteiger partial charge is 0.363 e. The van der Waals surface area contributed by atoms with E-state index in [-0.39, 0.29) is 5.70 Å². The lowest BCUT2D eigenvalue weighted by Gasteiger charge is -2.04. The van der Waals surface area contributed by atoms with Gasteiger partial charge in [0.2, 0.25) is 5.90 Å². The molecule has 0 atom stereocenters. The zero-order chi connectivity index (χ0) is 16.5. The second kappa shape index (κ2) is 5.95. The minimum absolute atomic E-state index is 0.278. The number of hydrogen-bond acceptors (Lipinski definition) is 3. The van der Waals surface area contributed by atoms with Gasteiger partial charge in [-0.15, -0.1) is 0 Å². The van der Waals surface area contributed by atoms with Crippen molar-refractivity contribution in [2.45, 2.75) is 0 Å². The molecular formula is C20H12ClNO2. The number of rotatable bonds is 2. The van der Waals surface area contributed by atoms with E-state index in [1.165, 1.54) is 0 Å². The van der Waals surface area contributed by atoms with Crippen molar-refractivity contribution in [3.8, 4) is 0 Å². The molecule has 4 rings (SSSR count). The Hall–Kier alpha value is -2.91. The molecule has 1 aliphatic rings. The van der Waals surface area contributed by atoms with Crippen molar-refractivity contribution in [3.63, 3.8) is 0 Å². The predicted molar refractivity (Wildman–Crippen MR) is 96.0 cm³/mol. The van der Waals surface area contributed by atoms with Crippen LogP contribution in [0.3, 0.4) is 0 Å². The highest BCUT2D eigenvalue weighted by molar-refractivity contribution is 6.30. The fourth-order valence-electron chi connectivity index (χ4n) is 2.65. The van der Waals surface area contributed by atoms with E-state index >= 15 is 0 Å². The maximum atomic E-state index is 12.1. The number of aliphatic imine (C=N–C) groups is 1. The highest BCUT2D eigenvalue weighted by atomic mass is 35.5. The molecule has 0 spiro atoms. The van der Waals surface area contributed by atoms with Gasteiger partial charge in [0.1, 0.15) is 0 Å². The van der Waals surface area contributed by atoms with Gasteiger partial charge >= 0.3 is 5.97 Å². The maximum Gasteiger partial charge on any atom is 0.363 e. The molecule has 1 heterocycles. The third-order valence-corrected chi connectivity index (χ3v) is 4.07. The van der Waals surface area contributed by atoms with E-state index in [1.807, 2.05) is 54.6 Å². The molecule has 0 unspecified atom stereocenters. The molecule has 0 fully saturated rings. The van der Waals surface area contributed by atoms with Gasteiger partial charge in [-0.2, -0.15) is 0 Å². The molecule has 3 aromatic carbocycles. The minimum atomic E-state index is -0.451. The Balaban J connectivity index is 1.77. The number of nitrogens with zero attached hydrogens (tertiary/aromatic N) is 1. The van der Waals surface area contributed by atoms with Crippen LogP contribution in [0.1, 0.15) is 11.1 Å². The minimum Gasteiger partial charge on any atom is -0.402 e. The van der Waals surface area contributed by atoms with Crippen molar-refractivity contribution in [1.82, 2.24) is 0 Å². The summed E-state index contributed by atoms with van der Waals surface area (Å²) in [5, 5.41) is 2.72. The van der Waals surface area contributed by atoms with E-state index in [9.17, 15) is 4.79 Å². The van der Waals surface area contributed by atoms with E-state index < -0.39 is 5.97 Å². The van der Waals surface area contributed by atoms with Crippen LogP contribution in [0.4, 0.5) is 0 Å². The van der Waals surface area contributed by atoms with Crippen LogP contribution in [-0.2, 0) is 9.53 Å². The first kappa shape index (κ1) is 14.7. The van der Waals surface area contributed by atoms with E-state index in [2.05, 4.69) is 4.99 Å². The third kappa shape index (κ3) is 2.70. The summed E-state index contributed by atoms with van der Waals surface area (Å²) < 4.78 is 5.38. The van der Waals surface area contributed by atoms with E-state index in [4.69, 9.17) is 16.3 Å². The van der Waals surface area contributed by atoms with Crippen molar-refractivity contribution in [2.75, 3.05) is 0 Å². The molecule has 3 nitrogen and oxygen atoms in total. The summed E-state index contributed by atoms with van der Waals surface area (Å²) in [7, 11) is 0. The first-order valence-corrected chi connectivity index (χ1v) is 7.85. The fraction of sp³-hybridized carbons (Fsp3) is 0. The summed E-state index contributed by atoms with van der Waals surface area (Å²) in [5.74, 6) is -0.120. The van der Waals surface area contributed by atoms with E-state index in [0.29, 0.717) is 10.9 Å². The average molecular weight is 334 g/mol. The first-order chi connectivity index (χ1) is 11.7. The van der Waals surface area contributed by atoms with Crippen LogP contribution in [0.25, 0.3) is 16.8 Å². The largest absolute Gasteiger partial charge is 0.402 e. The Morgan fingerprint density at radius 2 is 1.67 bits per heavy atom. The number of carbonyl (C=O) groups excluding carboxylic acids is 1. The van der Waals surface area contributed by atoms with Crippen molar-refractivity contribution in [2.24, 2.45) is 4.99 Å². The zero-order valence-corrected chi connectivity index (χ0v) is 13.3. The van der Waals surface area contributed by atoms with Crippen LogP contribution >= 0.6 is 11.6 Å². The topological polar surface area (TPSA) is 38.7 Å². The monoisotopic (exact) mass is 333 g/mol. The standard InChI is InChI=1S/C20H12ClNO2/c21-15-10-8-13(9-11-15)12-18-20(23)24-19(22-18)17-7-3-5-14-4-1-2-6-16(14)17/h1-12H. The van der Waals surface area contributed by atoms with Gasteiger partial charge in [-0.05, 0) is 40.6 Å². The fourth-order valence-corrected chi connectivity index (χ4v) is 2.78. The van der Waals surface area contributed by atoms with Crippen molar-refractivity contribution >= 4 is 40.3 Å². The maximum absolute atomic E-state index is 12.1. The van der Waals surface area contributed by atoms with Crippen LogP contribution in [0.2, 0.25) is 5.02 Å². The number of hydrogen-bond donors (Lipinski definition) is 0. The molecule has 4 heteroatoms. The molecule has 0 N–H and O–H groups in total. The molecule has 0 amide bonds. The number of ether oxygens (including phenoxy) is 1. The zero-order valence-electron chi connectivity index (χ0n) is 12.6. The van der Waals surface area contributed by atoms with Gasteiger partial charge in [-0.25, -0.2) is 9.79 Å². The van der Waals surface area contributed by atoms with Gasteiger partial charge in [0.25, 0.3) is 0 Å². The van der Waals surface area contributed by atoms with E-state index in [1.54, 1.807) is 18.2 Å². The van der Waals surface area contributed by atoms with Crippen LogP contribution in [0, 0.1) is 0 Å². The van der Waals surface area contributed by atoms with Gasteiger partial charge in [0, 0.05) is 10.6 Å². The number of fused-ring (bicyclic) bond motifs is 1. The number of esters is 1. The normalized spacial score (nSPS) is 15.6. The number of carbonyl (C=O) groups is 1. The van der Waals surface area contributed by atoms with Crippen LogP contribution < -0.4 is 0 Å². The van der Waals surface area contributed by atoms with Crippen molar-refractivity contribution in [1.29, 1.82) is 0 Å². The van der Waals surface area contributed by atoms with Crippen LogP contribution in [-0.4, -0.2) is 11.9 Å². The van der Waals surface area contributed by atoms with Crippen molar-refractivity contribution < 1.29 is 9.53 Å². The SMILES string of the molecule is O=C1OC(c2cccc3ccccc23)=NC1=Cc1ccc(Cl)cc1. The Morgan fingerprint density at radius 1 is 0.917 bits per heavy atom. The molecule has 0 saturated carbocycles. The van der Waals surface area contributed by atoms with Gasteiger partial charge in [-0.3, -0.25) is 0 Å². The van der Waals surface area contributed by atoms with Gasteiger partial charge < -0.3 is 4.74 Å². The van der Waals surface area contributed by atoms with Crippen LogP contribution in [0.5, 0.6) is 0 Å². The molecule has 0 aliphatic carbocycles. The summed E-state index contributed by atoms with van der Waals surface area (Å²) in [6, 6.07) is 21.0. The highest BCUT2D eigenvalue weighted by Gasteiger charge is 2.25. The number of cyclic esters (lactones) is 1. The quantitative estimate of drug-likeness (QED) is 0.497. The molecule has 116 valence electrons. The Labute approximate surface area is 143 Å². The molecule has 1 aliphatic heterocycles. The molecule has 0 bridgehead atoms. The molecule has 0 saturated heterocycles. The summed E-state index contributed by atoms with van der Waals surface area (Å²) in [6.07, 6.45) is 1.69. The molecule has 3 aromatic rings. The first-order valence-electron chi connectivity index (χ1n) is 7.47. The van der Waals surface area contributed by atoms with Crippen molar-refractivity contribution in [3.05, 3.63) is 88.6 Å². The Bertz CT molecular complexity index is 998. The van der Waals surface area contributed by atoms with Gasteiger partial charge in [0.05, 0.1) is 0 Å². The lowest BCUT2D eigenvalue weighted by molar-refractivity contribution is -0.129.